The summed E-state index contributed by atoms with van der Waals surface area (Å²) in [5.41, 5.74) is 6.82. The highest BCUT2D eigenvalue weighted by atomic mass is 32.2. The largest absolute Gasteiger partial charge is 0.419 e. The molecular weight excluding hydrogens is 404 g/mol. The Labute approximate surface area is 164 Å². The maximum absolute atomic E-state index is 12.5. The number of rotatable bonds is 5. The van der Waals surface area contributed by atoms with Gasteiger partial charge in [0.15, 0.2) is 5.13 Å². The molecule has 0 saturated heterocycles. The number of hydrogen-bond donors (Lipinski definition) is 3. The third-order valence-corrected chi connectivity index (χ3v) is 6.00. The molecule has 0 fully saturated rings. The van der Waals surface area contributed by atoms with Crippen molar-refractivity contribution in [2.24, 2.45) is 5.73 Å². The number of thiazole rings is 1. The smallest absolute Gasteiger partial charge is 0.375 e. The molecule has 9 nitrogen and oxygen atoms in total. The fourth-order valence-electron chi connectivity index (χ4n) is 2.23. The van der Waals surface area contributed by atoms with Crippen molar-refractivity contribution in [3.05, 3.63) is 48.0 Å². The standard InChI is InChI=1S/C17H16N4O5S2/c1-10-2-5-12(6-3-10)28(24,25)21-16-20-13-8-11(4-7-14(13)27-16)19-17(23)26-15(22)9-18/h2-8H,9,18H2,1H3,(H,19,23)(H,20,21). The zero-order chi connectivity index (χ0) is 20.3. The van der Waals surface area contributed by atoms with Crippen LogP contribution in [0.15, 0.2) is 47.4 Å². The highest BCUT2D eigenvalue weighted by Crippen LogP contribution is 2.29. The Kier molecular flexibility index (Phi) is 5.58. The summed E-state index contributed by atoms with van der Waals surface area (Å²) in [4.78, 5) is 27.0. The predicted molar refractivity (Wildman–Crippen MR) is 106 cm³/mol. The number of nitrogens with two attached hydrogens (primary N) is 1. The first kappa shape index (κ1) is 19.7. The number of carbonyl (C=O) groups excluding carboxylic acids is 2. The average molecular weight is 420 g/mol. The number of aromatic nitrogens is 1. The topological polar surface area (TPSA) is 140 Å². The number of sulfonamides is 1. The third-order valence-electron chi connectivity index (χ3n) is 3.56. The van der Waals surface area contributed by atoms with Gasteiger partial charge in [-0.15, -0.1) is 0 Å². The van der Waals surface area contributed by atoms with E-state index in [1.807, 2.05) is 6.92 Å². The molecular formula is C17H16N4O5S2. The number of carbonyl (C=O) groups is 2. The number of anilines is 2. The van der Waals surface area contributed by atoms with Gasteiger partial charge < -0.3 is 10.5 Å². The molecule has 0 aliphatic heterocycles. The Morgan fingerprint density at radius 3 is 2.57 bits per heavy atom. The van der Waals surface area contributed by atoms with E-state index in [4.69, 9.17) is 5.73 Å². The highest BCUT2D eigenvalue weighted by Gasteiger charge is 2.17. The van der Waals surface area contributed by atoms with Crippen molar-refractivity contribution in [2.75, 3.05) is 16.6 Å². The van der Waals surface area contributed by atoms with E-state index in [1.165, 1.54) is 18.2 Å². The van der Waals surface area contributed by atoms with Crippen molar-refractivity contribution in [2.45, 2.75) is 11.8 Å². The molecule has 3 aromatic rings. The predicted octanol–water partition coefficient (Wildman–Crippen LogP) is 2.44. The Morgan fingerprint density at radius 1 is 1.18 bits per heavy atom. The monoisotopic (exact) mass is 420 g/mol. The first-order valence-electron chi connectivity index (χ1n) is 7.98. The Bertz CT molecular complexity index is 1140. The Hall–Kier alpha value is -3.02. The van der Waals surface area contributed by atoms with Crippen LogP contribution in [-0.4, -0.2) is 32.0 Å². The molecule has 4 N–H and O–H groups in total. The van der Waals surface area contributed by atoms with Crippen molar-refractivity contribution < 1.29 is 22.7 Å². The van der Waals surface area contributed by atoms with Gasteiger partial charge in [0.05, 0.1) is 21.7 Å². The lowest BCUT2D eigenvalue weighted by Gasteiger charge is -2.05. The fraction of sp³-hybridized carbons (Fsp3) is 0.118. The summed E-state index contributed by atoms with van der Waals surface area (Å²) >= 11 is 1.15. The molecule has 2 aromatic carbocycles. The molecule has 1 heterocycles. The second-order valence-electron chi connectivity index (χ2n) is 5.71. The van der Waals surface area contributed by atoms with Crippen molar-refractivity contribution in [3.8, 4) is 0 Å². The van der Waals surface area contributed by atoms with Gasteiger partial charge in [-0.2, -0.15) is 0 Å². The van der Waals surface area contributed by atoms with Crippen molar-refractivity contribution in [3.63, 3.8) is 0 Å². The van der Waals surface area contributed by atoms with Crippen LogP contribution in [0.1, 0.15) is 5.56 Å². The van der Waals surface area contributed by atoms with Crippen LogP contribution in [0.5, 0.6) is 0 Å². The summed E-state index contributed by atoms with van der Waals surface area (Å²) in [6.07, 6.45) is -0.967. The number of nitrogens with zero attached hydrogens (tertiary/aromatic N) is 1. The van der Waals surface area contributed by atoms with E-state index >= 15 is 0 Å². The van der Waals surface area contributed by atoms with Crippen LogP contribution < -0.4 is 15.8 Å². The van der Waals surface area contributed by atoms with Gasteiger partial charge in [0.25, 0.3) is 10.0 Å². The van der Waals surface area contributed by atoms with E-state index in [-0.39, 0.29) is 10.0 Å². The normalized spacial score (nSPS) is 11.2. The molecule has 1 amide bonds. The lowest BCUT2D eigenvalue weighted by Crippen LogP contribution is -2.23. The van der Waals surface area contributed by atoms with E-state index in [2.05, 4.69) is 19.8 Å². The van der Waals surface area contributed by atoms with E-state index in [9.17, 15) is 18.0 Å². The average Bonchev–Trinajstić information content (AvgIpc) is 3.02. The molecule has 146 valence electrons. The molecule has 0 unspecified atom stereocenters. The lowest BCUT2D eigenvalue weighted by atomic mass is 10.2. The van der Waals surface area contributed by atoms with Crippen LogP contribution in [-0.2, 0) is 19.6 Å². The number of nitrogens with one attached hydrogen (secondary N) is 2. The van der Waals surface area contributed by atoms with E-state index in [0.29, 0.717) is 15.9 Å². The molecule has 11 heteroatoms. The zero-order valence-corrected chi connectivity index (χ0v) is 16.3. The molecule has 0 atom stereocenters. The Morgan fingerprint density at radius 2 is 1.89 bits per heavy atom. The highest BCUT2D eigenvalue weighted by molar-refractivity contribution is 7.93. The van der Waals surface area contributed by atoms with Crippen LogP contribution in [0.2, 0.25) is 0 Å². The maximum Gasteiger partial charge on any atom is 0.419 e. The number of fused-ring (bicyclic) bond motifs is 1. The molecule has 0 aliphatic rings. The van der Waals surface area contributed by atoms with Crippen LogP contribution in [0.4, 0.5) is 15.6 Å². The molecule has 1 aromatic heterocycles. The van der Waals surface area contributed by atoms with Gasteiger partial charge in [-0.1, -0.05) is 29.0 Å². The summed E-state index contributed by atoms with van der Waals surface area (Å²) in [5.74, 6) is -0.861. The maximum atomic E-state index is 12.5. The van der Waals surface area contributed by atoms with Gasteiger partial charge in [-0.3, -0.25) is 14.8 Å². The molecule has 0 saturated carbocycles. The quantitative estimate of drug-likeness (QED) is 0.425. The lowest BCUT2D eigenvalue weighted by molar-refractivity contribution is -0.135. The minimum Gasteiger partial charge on any atom is -0.375 e. The van der Waals surface area contributed by atoms with E-state index < -0.39 is 28.6 Å². The summed E-state index contributed by atoms with van der Waals surface area (Å²) in [6, 6.07) is 11.2. The summed E-state index contributed by atoms with van der Waals surface area (Å²) in [7, 11) is -3.76. The second kappa shape index (κ2) is 7.92. The van der Waals surface area contributed by atoms with E-state index in [1.54, 1.807) is 24.3 Å². The van der Waals surface area contributed by atoms with Gasteiger partial charge in [0.1, 0.15) is 0 Å². The zero-order valence-electron chi connectivity index (χ0n) is 14.6. The molecule has 0 radical (unpaired) electrons. The minimum absolute atomic E-state index is 0.132. The van der Waals surface area contributed by atoms with Crippen LogP contribution >= 0.6 is 11.3 Å². The number of esters is 1. The summed E-state index contributed by atoms with van der Waals surface area (Å²) in [6.45, 7) is 1.45. The second-order valence-corrected chi connectivity index (χ2v) is 8.42. The Balaban J connectivity index is 1.78. The van der Waals surface area contributed by atoms with Crippen molar-refractivity contribution in [1.29, 1.82) is 0 Å². The van der Waals surface area contributed by atoms with Crippen LogP contribution in [0, 0.1) is 6.92 Å². The van der Waals surface area contributed by atoms with Gasteiger partial charge in [0, 0.05) is 5.69 Å². The number of ether oxygens (including phenoxy) is 1. The SMILES string of the molecule is Cc1ccc(S(=O)(=O)Nc2nc3cc(NC(=O)OC(=O)CN)ccc3s2)cc1. The van der Waals surface area contributed by atoms with Gasteiger partial charge >= 0.3 is 12.1 Å². The van der Waals surface area contributed by atoms with Gasteiger partial charge in [-0.05, 0) is 37.3 Å². The van der Waals surface area contributed by atoms with Crippen molar-refractivity contribution >= 4 is 54.5 Å². The van der Waals surface area contributed by atoms with Gasteiger partial charge in [0.2, 0.25) is 0 Å². The number of amides is 1. The fourth-order valence-corrected chi connectivity index (χ4v) is 4.31. The number of aryl methyl sites for hydroxylation is 1. The van der Waals surface area contributed by atoms with Crippen LogP contribution in [0.3, 0.4) is 0 Å². The van der Waals surface area contributed by atoms with Crippen molar-refractivity contribution in [1.82, 2.24) is 4.98 Å². The molecule has 28 heavy (non-hydrogen) atoms. The first-order valence-corrected chi connectivity index (χ1v) is 10.3. The third kappa shape index (κ3) is 4.63. The summed E-state index contributed by atoms with van der Waals surface area (Å²) < 4.78 is 32.5. The molecule has 0 spiro atoms. The minimum atomic E-state index is -3.76. The number of hydrogen-bond acceptors (Lipinski definition) is 8. The van der Waals surface area contributed by atoms with Gasteiger partial charge in [-0.25, -0.2) is 18.2 Å². The first-order chi connectivity index (χ1) is 13.3. The molecule has 0 aliphatic carbocycles. The van der Waals surface area contributed by atoms with Crippen LogP contribution in [0.25, 0.3) is 10.2 Å². The molecule has 0 bridgehead atoms. The van der Waals surface area contributed by atoms with E-state index in [0.717, 1.165) is 16.9 Å². The number of benzene rings is 2. The summed E-state index contributed by atoms with van der Waals surface area (Å²) in [5, 5.41) is 2.56. The molecule has 3 rings (SSSR count).